The molecule has 13 rings (SSSR count). The Morgan fingerprint density at radius 1 is 0.307 bits per heavy atom. The van der Waals surface area contributed by atoms with Crippen LogP contribution in [0.15, 0.2) is 218 Å². The van der Waals surface area contributed by atoms with Gasteiger partial charge >= 0.3 is 5.97 Å². The number of hydrogen-bond donors (Lipinski definition) is 1. The first kappa shape index (κ1) is 47.9. The number of aliphatic carboxylic acids is 1. The molecule has 1 unspecified atom stereocenters. The fourth-order valence-corrected chi connectivity index (χ4v) is 11.0. The summed E-state index contributed by atoms with van der Waals surface area (Å²) >= 11 is 0. The Labute approximate surface area is 436 Å². The van der Waals surface area contributed by atoms with Gasteiger partial charge in [-0.05, 0) is 97.2 Å². The summed E-state index contributed by atoms with van der Waals surface area (Å²) in [6.07, 6.45) is 1.04. The number of fused-ring (bicyclic) bond motifs is 8. The maximum Gasteiger partial charge on any atom is 0.310 e. The van der Waals surface area contributed by atoms with Crippen molar-refractivity contribution in [1.29, 1.82) is 0 Å². The zero-order chi connectivity index (χ0) is 51.9. The Hall–Kier alpha value is -9.39. The molecule has 4 aliphatic carbocycles. The van der Waals surface area contributed by atoms with Crippen LogP contribution >= 0.6 is 0 Å². The largest absolute Gasteiger partial charge is 0.481 e. The van der Waals surface area contributed by atoms with Gasteiger partial charge in [-0.15, -0.1) is 0 Å². The number of carboxylic acid groups (broad SMARTS) is 1. The van der Waals surface area contributed by atoms with Crippen LogP contribution in [0.4, 0.5) is 0 Å². The van der Waals surface area contributed by atoms with Crippen LogP contribution in [0, 0.1) is 5.92 Å². The average molecular weight is 975 g/mol. The van der Waals surface area contributed by atoms with Crippen molar-refractivity contribution >= 4 is 51.4 Å². The van der Waals surface area contributed by atoms with E-state index in [2.05, 4.69) is 13.8 Å². The van der Waals surface area contributed by atoms with Crippen LogP contribution in [0.5, 0.6) is 0 Å². The average Bonchev–Trinajstić information content (AvgIpc) is 3.46. The second-order valence-electron chi connectivity index (χ2n) is 19.6. The van der Waals surface area contributed by atoms with Crippen LogP contribution in [0.1, 0.15) is 146 Å². The van der Waals surface area contributed by atoms with Gasteiger partial charge in [-0.25, -0.2) is 0 Å². The molecule has 0 radical (unpaired) electrons. The highest BCUT2D eigenvalue weighted by atomic mass is 16.4. The Bertz CT molecular complexity index is 3260. The number of ketones is 4. The molecule has 0 amide bonds. The lowest BCUT2D eigenvalue weighted by atomic mass is 9.73. The molecule has 0 saturated carbocycles. The Kier molecular flexibility index (Phi) is 12.7. The van der Waals surface area contributed by atoms with Crippen molar-refractivity contribution in [3.05, 3.63) is 319 Å². The maximum atomic E-state index is 13.2. The number of carboxylic acids is 1. The third-order valence-electron chi connectivity index (χ3n) is 14.5. The Morgan fingerprint density at radius 3 is 0.667 bits per heavy atom. The first-order valence-corrected chi connectivity index (χ1v) is 25.3. The predicted molar refractivity (Wildman–Crippen MR) is 296 cm³/mol. The van der Waals surface area contributed by atoms with Gasteiger partial charge < -0.3 is 5.11 Å². The molecule has 0 saturated heterocycles. The van der Waals surface area contributed by atoms with E-state index >= 15 is 0 Å². The molecule has 362 valence electrons. The molecular formula is C69H50O6. The number of carbonyl (C=O) groups is 5. The second-order valence-corrected chi connectivity index (χ2v) is 19.6. The first-order valence-electron chi connectivity index (χ1n) is 25.3. The number of benzene rings is 9. The quantitative estimate of drug-likeness (QED) is 0.188. The molecule has 6 heteroatoms. The smallest absolute Gasteiger partial charge is 0.310 e. The zero-order valence-corrected chi connectivity index (χ0v) is 41.6. The fraction of sp³-hybridized carbons (Fsp3) is 0.0870. The lowest BCUT2D eigenvalue weighted by molar-refractivity contribution is -0.138. The maximum absolute atomic E-state index is 13.2. The molecule has 0 spiro atoms. The van der Waals surface area contributed by atoms with E-state index in [1.807, 2.05) is 218 Å². The molecule has 0 aromatic heterocycles. The van der Waals surface area contributed by atoms with Crippen LogP contribution in [0.25, 0.3) is 22.3 Å². The summed E-state index contributed by atoms with van der Waals surface area (Å²) in [5, 5.41) is 8.85. The van der Waals surface area contributed by atoms with Crippen LogP contribution in [-0.2, 0) is 11.2 Å². The van der Waals surface area contributed by atoms with Crippen molar-refractivity contribution in [2.24, 2.45) is 5.92 Å². The fourth-order valence-electron chi connectivity index (χ4n) is 11.0. The normalized spacial score (nSPS) is 13.8. The van der Waals surface area contributed by atoms with E-state index in [0.29, 0.717) is 50.4 Å². The van der Waals surface area contributed by atoms with Gasteiger partial charge in [0.2, 0.25) is 0 Å². The molecule has 0 bridgehead atoms. The van der Waals surface area contributed by atoms with Gasteiger partial charge in [0.05, 0.1) is 5.92 Å². The molecule has 1 atom stereocenters. The summed E-state index contributed by atoms with van der Waals surface area (Å²) in [5.74, 6) is -0.395. The van der Waals surface area contributed by atoms with Gasteiger partial charge in [0.15, 0.2) is 23.1 Å². The summed E-state index contributed by atoms with van der Waals surface area (Å²) in [4.78, 5) is 63.6. The van der Waals surface area contributed by atoms with Crippen LogP contribution < -0.4 is 0 Å². The van der Waals surface area contributed by atoms with Crippen LogP contribution in [0.3, 0.4) is 0 Å². The molecule has 4 aliphatic rings. The number of rotatable bonds is 4. The minimum absolute atomic E-state index is 0.0407. The van der Waals surface area contributed by atoms with Crippen molar-refractivity contribution < 1.29 is 29.1 Å². The van der Waals surface area contributed by atoms with Gasteiger partial charge in [0.25, 0.3) is 0 Å². The molecule has 6 nitrogen and oxygen atoms in total. The van der Waals surface area contributed by atoms with Gasteiger partial charge in [0.1, 0.15) is 0 Å². The van der Waals surface area contributed by atoms with Gasteiger partial charge in [-0.2, -0.15) is 0 Å². The summed E-state index contributed by atoms with van der Waals surface area (Å²) in [6, 6.07) is 70.0. The lowest BCUT2D eigenvalue weighted by Gasteiger charge is -2.29. The topological polar surface area (TPSA) is 106 Å². The molecule has 0 heterocycles. The highest BCUT2D eigenvalue weighted by Gasteiger charge is 2.36. The van der Waals surface area contributed by atoms with Crippen molar-refractivity contribution in [2.75, 3.05) is 0 Å². The van der Waals surface area contributed by atoms with Crippen LogP contribution in [-0.4, -0.2) is 34.2 Å². The predicted octanol–water partition coefficient (Wildman–Crippen LogP) is 14.6. The molecule has 9 aromatic carbocycles. The molecule has 0 fully saturated rings. The first-order chi connectivity index (χ1) is 36.5. The monoisotopic (exact) mass is 974 g/mol. The Morgan fingerprint density at radius 2 is 0.493 bits per heavy atom. The van der Waals surface area contributed by atoms with E-state index in [1.165, 1.54) is 5.56 Å². The summed E-state index contributed by atoms with van der Waals surface area (Å²) in [5.41, 5.74) is 19.1. The van der Waals surface area contributed by atoms with E-state index in [-0.39, 0.29) is 23.1 Å². The van der Waals surface area contributed by atoms with E-state index < -0.39 is 11.9 Å². The van der Waals surface area contributed by atoms with Crippen molar-refractivity contribution in [3.8, 4) is 0 Å². The van der Waals surface area contributed by atoms with E-state index in [9.17, 15) is 24.0 Å². The molecule has 75 heavy (non-hydrogen) atoms. The van der Waals surface area contributed by atoms with Crippen molar-refractivity contribution in [1.82, 2.24) is 0 Å². The molecule has 0 aliphatic heterocycles. The zero-order valence-electron chi connectivity index (χ0n) is 41.6. The number of carbonyl (C=O) groups excluding carboxylic acids is 4. The van der Waals surface area contributed by atoms with Gasteiger partial charge in [-0.1, -0.05) is 232 Å². The van der Waals surface area contributed by atoms with E-state index in [1.54, 1.807) is 6.92 Å². The number of hydrogen-bond acceptors (Lipinski definition) is 5. The standard InChI is InChI=1S/2C28H16O2.C13H18O2/c2*29-27-21-13-5-1-9-17(21)25(18-10-2-6-14-22(18)27)26-19-11-3-7-15-23(19)28(30)24-16-8-4-12-20(24)26;1-9(2)8-11-4-6-12(7-5-11)10(3)13(14)15/h2*1-16H;4-7,9-10H,8H2,1-3H3,(H,14,15). The lowest BCUT2D eigenvalue weighted by Crippen LogP contribution is -2.19. The minimum Gasteiger partial charge on any atom is -0.481 e. The summed E-state index contributed by atoms with van der Waals surface area (Å²) in [6.45, 7) is 6.06. The molecule has 1 N–H and O–H groups in total. The van der Waals surface area contributed by atoms with Crippen molar-refractivity contribution in [3.63, 3.8) is 0 Å². The molecule has 9 aromatic rings. The molecular weight excluding hydrogens is 925 g/mol. The SMILES string of the molecule is CC(C)Cc1ccc(C(C)C(=O)O)cc1.O=C1c2ccccc2C(=C2c3ccccc3C(=O)c3ccccc32)c2ccccc21.O=C1c2ccccc2C(=C2c3ccccc3C(=O)c3ccccc32)c2ccccc21. The summed E-state index contributed by atoms with van der Waals surface area (Å²) < 4.78 is 0. The van der Waals surface area contributed by atoms with E-state index in [0.717, 1.165) is 78.8 Å². The van der Waals surface area contributed by atoms with Gasteiger partial charge in [-0.3, -0.25) is 24.0 Å². The van der Waals surface area contributed by atoms with Crippen LogP contribution in [0.2, 0.25) is 0 Å². The minimum atomic E-state index is -0.772. The van der Waals surface area contributed by atoms with E-state index in [4.69, 9.17) is 5.11 Å². The third kappa shape index (κ3) is 8.50. The summed E-state index contributed by atoms with van der Waals surface area (Å²) in [7, 11) is 0. The van der Waals surface area contributed by atoms with Crippen molar-refractivity contribution in [2.45, 2.75) is 33.1 Å². The Balaban J connectivity index is 0.000000128. The highest BCUT2D eigenvalue weighted by Crippen LogP contribution is 2.48. The highest BCUT2D eigenvalue weighted by molar-refractivity contribution is 6.28. The third-order valence-corrected chi connectivity index (χ3v) is 14.5. The van der Waals surface area contributed by atoms with Gasteiger partial charge in [0, 0.05) is 44.5 Å². The second kappa shape index (κ2) is 19.9.